The number of rotatable bonds is 3. The van der Waals surface area contributed by atoms with Crippen LogP contribution >= 0.6 is 11.6 Å². The standard InChI is InChI=1S/C14H9ClN8/c15-10-5-8(1-2-9(10)13-16-3-4-17-13)11-6-12(19-7-18-11)14-20-22-23-21-14/h1-7H,(H,16,17)(H,20,21,22,23). The zero-order chi connectivity index (χ0) is 15.6. The topological polar surface area (TPSA) is 109 Å². The summed E-state index contributed by atoms with van der Waals surface area (Å²) >= 11 is 6.37. The molecule has 0 aliphatic carbocycles. The van der Waals surface area contributed by atoms with Crippen molar-refractivity contribution in [1.29, 1.82) is 0 Å². The molecular formula is C14H9ClN8. The molecule has 0 amide bonds. The summed E-state index contributed by atoms with van der Waals surface area (Å²) in [6, 6.07) is 7.43. The molecule has 3 aromatic heterocycles. The van der Waals surface area contributed by atoms with Crippen molar-refractivity contribution in [3.63, 3.8) is 0 Å². The lowest BCUT2D eigenvalue weighted by Gasteiger charge is -2.05. The average molecular weight is 325 g/mol. The number of aromatic nitrogens is 8. The van der Waals surface area contributed by atoms with Crippen LogP contribution in [-0.2, 0) is 0 Å². The quantitative estimate of drug-likeness (QED) is 0.598. The van der Waals surface area contributed by atoms with Gasteiger partial charge in [-0.2, -0.15) is 5.21 Å². The molecule has 0 saturated carbocycles. The SMILES string of the molecule is Clc1cc(-c2cc(-c3nn[nH]n3)ncn2)ccc1-c1ncc[nH]1. The van der Waals surface area contributed by atoms with Gasteiger partial charge in [0.15, 0.2) is 0 Å². The molecule has 112 valence electrons. The summed E-state index contributed by atoms with van der Waals surface area (Å²) in [7, 11) is 0. The predicted molar refractivity (Wildman–Crippen MR) is 83.2 cm³/mol. The number of H-pyrrole nitrogens is 2. The zero-order valence-electron chi connectivity index (χ0n) is 11.6. The fourth-order valence-corrected chi connectivity index (χ4v) is 2.46. The van der Waals surface area contributed by atoms with Crippen LogP contribution in [0.5, 0.6) is 0 Å². The molecular weight excluding hydrogens is 316 g/mol. The maximum Gasteiger partial charge on any atom is 0.223 e. The highest BCUT2D eigenvalue weighted by atomic mass is 35.5. The van der Waals surface area contributed by atoms with Gasteiger partial charge < -0.3 is 4.98 Å². The van der Waals surface area contributed by atoms with Crippen molar-refractivity contribution >= 4 is 11.6 Å². The second-order valence-corrected chi connectivity index (χ2v) is 5.06. The van der Waals surface area contributed by atoms with Crippen molar-refractivity contribution in [3.05, 3.63) is 48.0 Å². The molecule has 0 radical (unpaired) electrons. The van der Waals surface area contributed by atoms with Gasteiger partial charge in [-0.15, -0.1) is 10.2 Å². The fraction of sp³-hybridized carbons (Fsp3) is 0. The summed E-state index contributed by atoms with van der Waals surface area (Å²) in [4.78, 5) is 15.7. The highest BCUT2D eigenvalue weighted by molar-refractivity contribution is 6.33. The van der Waals surface area contributed by atoms with E-state index in [-0.39, 0.29) is 0 Å². The highest BCUT2D eigenvalue weighted by Crippen LogP contribution is 2.30. The van der Waals surface area contributed by atoms with Crippen LogP contribution in [0.25, 0.3) is 34.2 Å². The molecule has 0 saturated heterocycles. The van der Waals surface area contributed by atoms with Gasteiger partial charge in [-0.3, -0.25) is 0 Å². The Morgan fingerprint density at radius 3 is 2.65 bits per heavy atom. The molecule has 0 atom stereocenters. The Balaban J connectivity index is 1.74. The van der Waals surface area contributed by atoms with Crippen molar-refractivity contribution < 1.29 is 0 Å². The summed E-state index contributed by atoms with van der Waals surface area (Å²) in [5.41, 5.74) is 2.98. The lowest BCUT2D eigenvalue weighted by Crippen LogP contribution is -1.91. The third-order valence-corrected chi connectivity index (χ3v) is 3.57. The van der Waals surface area contributed by atoms with Crippen molar-refractivity contribution in [2.45, 2.75) is 0 Å². The molecule has 0 spiro atoms. The first-order chi connectivity index (χ1) is 11.3. The summed E-state index contributed by atoms with van der Waals surface area (Å²) in [5.74, 6) is 1.13. The number of aromatic amines is 2. The normalized spacial score (nSPS) is 10.8. The maximum absolute atomic E-state index is 6.37. The van der Waals surface area contributed by atoms with E-state index in [0.717, 1.165) is 17.0 Å². The smallest absolute Gasteiger partial charge is 0.223 e. The molecule has 4 aromatic rings. The Bertz CT molecular complexity index is 933. The van der Waals surface area contributed by atoms with Crippen molar-refractivity contribution in [2.24, 2.45) is 0 Å². The predicted octanol–water partition coefficient (Wildman–Crippen LogP) is 2.37. The molecule has 0 aliphatic heterocycles. The molecule has 8 nitrogen and oxygen atoms in total. The summed E-state index contributed by atoms with van der Waals surface area (Å²) in [6.07, 6.45) is 4.89. The monoisotopic (exact) mass is 324 g/mol. The van der Waals surface area contributed by atoms with Crippen LogP contribution in [0.3, 0.4) is 0 Å². The number of tetrazole rings is 1. The van der Waals surface area contributed by atoms with E-state index >= 15 is 0 Å². The molecule has 23 heavy (non-hydrogen) atoms. The number of halogens is 1. The lowest BCUT2D eigenvalue weighted by atomic mass is 10.1. The first kappa shape index (κ1) is 13.5. The van der Waals surface area contributed by atoms with E-state index in [0.29, 0.717) is 22.2 Å². The van der Waals surface area contributed by atoms with E-state index in [1.165, 1.54) is 6.33 Å². The molecule has 0 aliphatic rings. The van der Waals surface area contributed by atoms with Crippen LogP contribution in [0.4, 0.5) is 0 Å². The van der Waals surface area contributed by atoms with Crippen LogP contribution in [0.15, 0.2) is 43.0 Å². The van der Waals surface area contributed by atoms with Crippen molar-refractivity contribution in [1.82, 2.24) is 40.6 Å². The number of nitrogens with zero attached hydrogens (tertiary/aromatic N) is 6. The van der Waals surface area contributed by atoms with Gasteiger partial charge in [0, 0.05) is 23.5 Å². The Hall–Kier alpha value is -3.13. The second-order valence-electron chi connectivity index (χ2n) is 4.66. The maximum atomic E-state index is 6.37. The average Bonchev–Trinajstić information content (AvgIpc) is 3.28. The summed E-state index contributed by atoms with van der Waals surface area (Å²) in [6.45, 7) is 0. The minimum absolute atomic E-state index is 0.409. The Labute approximate surface area is 135 Å². The number of imidazole rings is 1. The van der Waals surface area contributed by atoms with Crippen LogP contribution in [0.2, 0.25) is 5.02 Å². The number of nitrogens with one attached hydrogen (secondary N) is 2. The first-order valence-electron chi connectivity index (χ1n) is 6.67. The van der Waals surface area contributed by atoms with Gasteiger partial charge in [-0.1, -0.05) is 17.7 Å². The number of hydrogen-bond donors (Lipinski definition) is 2. The lowest BCUT2D eigenvalue weighted by molar-refractivity contribution is 0.881. The Kier molecular flexibility index (Phi) is 3.28. The minimum atomic E-state index is 0.409. The van der Waals surface area contributed by atoms with E-state index in [2.05, 4.69) is 40.6 Å². The van der Waals surface area contributed by atoms with Gasteiger partial charge in [-0.05, 0) is 23.4 Å². The van der Waals surface area contributed by atoms with Crippen LogP contribution in [0, 0.1) is 0 Å². The molecule has 4 rings (SSSR count). The molecule has 0 unspecified atom stereocenters. The summed E-state index contributed by atoms with van der Waals surface area (Å²) in [5, 5.41) is 14.3. The van der Waals surface area contributed by atoms with Crippen LogP contribution in [-0.4, -0.2) is 40.6 Å². The highest BCUT2D eigenvalue weighted by Gasteiger charge is 2.11. The van der Waals surface area contributed by atoms with Gasteiger partial charge in [0.2, 0.25) is 5.82 Å². The van der Waals surface area contributed by atoms with E-state index in [1.807, 2.05) is 18.2 Å². The van der Waals surface area contributed by atoms with Gasteiger partial charge in [0.25, 0.3) is 0 Å². The van der Waals surface area contributed by atoms with E-state index in [4.69, 9.17) is 11.6 Å². The largest absolute Gasteiger partial charge is 0.345 e. The first-order valence-corrected chi connectivity index (χ1v) is 7.04. The fourth-order valence-electron chi connectivity index (χ4n) is 2.19. The van der Waals surface area contributed by atoms with Crippen LogP contribution in [0.1, 0.15) is 0 Å². The summed E-state index contributed by atoms with van der Waals surface area (Å²) < 4.78 is 0. The molecule has 2 N–H and O–H groups in total. The zero-order valence-corrected chi connectivity index (χ0v) is 12.4. The molecule has 3 heterocycles. The van der Waals surface area contributed by atoms with E-state index in [9.17, 15) is 0 Å². The Morgan fingerprint density at radius 1 is 1.00 bits per heavy atom. The van der Waals surface area contributed by atoms with Gasteiger partial charge >= 0.3 is 0 Å². The van der Waals surface area contributed by atoms with Crippen molar-refractivity contribution in [2.75, 3.05) is 0 Å². The molecule has 9 heteroatoms. The number of hydrogen-bond acceptors (Lipinski definition) is 6. The molecule has 0 bridgehead atoms. The van der Waals surface area contributed by atoms with Gasteiger partial charge in [-0.25, -0.2) is 15.0 Å². The van der Waals surface area contributed by atoms with Gasteiger partial charge in [0.05, 0.1) is 10.7 Å². The van der Waals surface area contributed by atoms with Gasteiger partial charge in [0.1, 0.15) is 17.8 Å². The number of benzene rings is 1. The van der Waals surface area contributed by atoms with E-state index in [1.54, 1.807) is 18.5 Å². The third-order valence-electron chi connectivity index (χ3n) is 3.26. The molecule has 1 aromatic carbocycles. The Morgan fingerprint density at radius 2 is 1.91 bits per heavy atom. The molecule has 0 fully saturated rings. The third kappa shape index (κ3) is 2.55. The van der Waals surface area contributed by atoms with E-state index < -0.39 is 0 Å². The van der Waals surface area contributed by atoms with Crippen molar-refractivity contribution in [3.8, 4) is 34.2 Å². The second kappa shape index (κ2) is 5.58. The van der Waals surface area contributed by atoms with Crippen LogP contribution < -0.4 is 0 Å². The minimum Gasteiger partial charge on any atom is -0.345 e.